The van der Waals surface area contributed by atoms with E-state index in [1.165, 1.54) is 11.0 Å². The van der Waals surface area contributed by atoms with Gasteiger partial charge >= 0.3 is 0 Å². The number of piperidine rings is 2. The maximum Gasteiger partial charge on any atom is 0.255 e. The number of rotatable bonds is 4. The van der Waals surface area contributed by atoms with Gasteiger partial charge in [0, 0.05) is 30.1 Å². The van der Waals surface area contributed by atoms with E-state index in [1.807, 2.05) is 24.3 Å². The number of nitrogens with one attached hydrogen (secondary N) is 1. The summed E-state index contributed by atoms with van der Waals surface area (Å²) in [6.07, 6.45) is 2.16. The molecule has 2 aromatic rings. The molecule has 0 bridgehead atoms. The SMILES string of the molecule is O=C1CCC(N2Cc3cc(C4CCN(Cc5cccc(Cl)c5)CC4)c(F)cc3C2=O)C(=O)N1. The Kier molecular flexibility index (Phi) is 5.93. The summed E-state index contributed by atoms with van der Waals surface area (Å²) in [5.41, 5.74) is 2.88. The number of amides is 3. The van der Waals surface area contributed by atoms with Gasteiger partial charge in [-0.25, -0.2) is 4.39 Å². The van der Waals surface area contributed by atoms with E-state index in [2.05, 4.69) is 16.3 Å². The van der Waals surface area contributed by atoms with Gasteiger partial charge in [-0.15, -0.1) is 0 Å². The minimum absolute atomic E-state index is 0.0886. The van der Waals surface area contributed by atoms with Crippen LogP contribution in [0.5, 0.6) is 0 Å². The van der Waals surface area contributed by atoms with Gasteiger partial charge in [-0.3, -0.25) is 24.6 Å². The fourth-order valence-corrected chi connectivity index (χ4v) is 5.43. The second-order valence-corrected chi connectivity index (χ2v) is 9.55. The Labute approximate surface area is 196 Å². The molecule has 5 rings (SSSR count). The standard InChI is InChI=1S/C25H25ClFN3O3/c26-18-3-1-2-15(10-18)13-29-8-6-16(7-9-29)19-11-17-14-30(25(33)20(17)12-21(19)27)22-4-5-23(31)28-24(22)32/h1-3,10-12,16,22H,4-9,13-14H2,(H,28,31,32). The second kappa shape index (κ2) is 8.88. The van der Waals surface area contributed by atoms with Crippen LogP contribution >= 0.6 is 11.6 Å². The number of fused-ring (bicyclic) bond motifs is 1. The molecule has 3 aliphatic heterocycles. The number of nitrogens with zero attached hydrogens (tertiary/aromatic N) is 2. The molecule has 6 nitrogen and oxygen atoms in total. The van der Waals surface area contributed by atoms with Gasteiger partial charge in [-0.05, 0) is 73.2 Å². The number of carbonyl (C=O) groups excluding carboxylic acids is 3. The summed E-state index contributed by atoms with van der Waals surface area (Å²) in [5.74, 6) is -1.40. The topological polar surface area (TPSA) is 69.7 Å². The highest BCUT2D eigenvalue weighted by molar-refractivity contribution is 6.30. The number of likely N-dealkylation sites (tertiary alicyclic amines) is 1. The average molecular weight is 470 g/mol. The average Bonchev–Trinajstić information content (AvgIpc) is 3.09. The van der Waals surface area contributed by atoms with Crippen molar-refractivity contribution in [3.63, 3.8) is 0 Å². The second-order valence-electron chi connectivity index (χ2n) is 9.11. The molecule has 33 heavy (non-hydrogen) atoms. The van der Waals surface area contributed by atoms with Crippen molar-refractivity contribution >= 4 is 29.3 Å². The molecule has 0 aliphatic carbocycles. The van der Waals surface area contributed by atoms with E-state index < -0.39 is 11.9 Å². The lowest BCUT2D eigenvalue weighted by Gasteiger charge is -2.32. The predicted molar refractivity (Wildman–Crippen MR) is 121 cm³/mol. The lowest BCUT2D eigenvalue weighted by molar-refractivity contribution is -0.136. The Morgan fingerprint density at radius 2 is 1.85 bits per heavy atom. The fourth-order valence-electron chi connectivity index (χ4n) is 5.22. The van der Waals surface area contributed by atoms with Crippen LogP contribution in [0, 0.1) is 5.82 Å². The summed E-state index contributed by atoms with van der Waals surface area (Å²) >= 11 is 6.09. The van der Waals surface area contributed by atoms with Crippen LogP contribution in [0.15, 0.2) is 36.4 Å². The monoisotopic (exact) mass is 469 g/mol. The largest absolute Gasteiger partial charge is 0.322 e. The Hall–Kier alpha value is -2.77. The van der Waals surface area contributed by atoms with Crippen molar-refractivity contribution in [2.45, 2.75) is 50.7 Å². The summed E-state index contributed by atoms with van der Waals surface area (Å²) in [6, 6.07) is 10.3. The maximum absolute atomic E-state index is 15.1. The van der Waals surface area contributed by atoms with Gasteiger partial charge in [0.05, 0.1) is 0 Å². The maximum atomic E-state index is 15.1. The van der Waals surface area contributed by atoms with E-state index in [9.17, 15) is 14.4 Å². The zero-order valence-corrected chi connectivity index (χ0v) is 18.9. The first-order valence-electron chi connectivity index (χ1n) is 11.3. The van der Waals surface area contributed by atoms with E-state index in [1.54, 1.807) is 0 Å². The van der Waals surface area contributed by atoms with Crippen molar-refractivity contribution in [2.24, 2.45) is 0 Å². The molecule has 1 atom stereocenters. The molecule has 3 amide bonds. The van der Waals surface area contributed by atoms with E-state index in [0.29, 0.717) is 17.5 Å². The Balaban J connectivity index is 1.27. The molecular formula is C25H25ClFN3O3. The van der Waals surface area contributed by atoms with Gasteiger partial charge in [0.2, 0.25) is 11.8 Å². The molecule has 8 heteroatoms. The third-order valence-electron chi connectivity index (χ3n) is 6.96. The van der Waals surface area contributed by atoms with Crippen molar-refractivity contribution in [2.75, 3.05) is 13.1 Å². The first-order chi connectivity index (χ1) is 15.9. The number of imide groups is 1. The molecule has 2 fully saturated rings. The zero-order chi connectivity index (χ0) is 23.1. The number of hydrogen-bond acceptors (Lipinski definition) is 4. The summed E-state index contributed by atoms with van der Waals surface area (Å²) in [4.78, 5) is 40.4. The van der Waals surface area contributed by atoms with Crippen molar-refractivity contribution in [3.05, 3.63) is 69.5 Å². The van der Waals surface area contributed by atoms with E-state index in [0.717, 1.165) is 48.6 Å². The van der Waals surface area contributed by atoms with Crippen molar-refractivity contribution in [3.8, 4) is 0 Å². The summed E-state index contributed by atoms with van der Waals surface area (Å²) in [7, 11) is 0. The highest BCUT2D eigenvalue weighted by Crippen LogP contribution is 2.35. The van der Waals surface area contributed by atoms with Gasteiger partial charge < -0.3 is 4.90 Å². The molecular weight excluding hydrogens is 445 g/mol. The van der Waals surface area contributed by atoms with Gasteiger partial charge in [0.25, 0.3) is 5.91 Å². The van der Waals surface area contributed by atoms with Crippen LogP contribution in [0.25, 0.3) is 0 Å². The quantitative estimate of drug-likeness (QED) is 0.694. The molecule has 0 spiro atoms. The summed E-state index contributed by atoms with van der Waals surface area (Å²) < 4.78 is 15.1. The highest BCUT2D eigenvalue weighted by Gasteiger charge is 2.40. The van der Waals surface area contributed by atoms with Crippen molar-refractivity contribution in [1.82, 2.24) is 15.1 Å². The third kappa shape index (κ3) is 4.39. The minimum Gasteiger partial charge on any atom is -0.322 e. The van der Waals surface area contributed by atoms with E-state index >= 15 is 4.39 Å². The number of benzene rings is 2. The van der Waals surface area contributed by atoms with Crippen LogP contribution in [0.3, 0.4) is 0 Å². The Bertz CT molecular complexity index is 1130. The molecule has 0 radical (unpaired) electrons. The van der Waals surface area contributed by atoms with Crippen LogP contribution < -0.4 is 5.32 Å². The van der Waals surface area contributed by atoms with Gasteiger partial charge in [0.15, 0.2) is 0 Å². The smallest absolute Gasteiger partial charge is 0.255 e. The molecule has 172 valence electrons. The lowest BCUT2D eigenvalue weighted by Crippen LogP contribution is -2.52. The summed E-state index contributed by atoms with van der Waals surface area (Å²) in [5, 5.41) is 3.02. The number of carbonyl (C=O) groups is 3. The van der Waals surface area contributed by atoms with Gasteiger partial charge in [-0.1, -0.05) is 29.8 Å². The molecule has 1 unspecified atom stereocenters. The molecule has 3 aliphatic rings. The van der Waals surface area contributed by atoms with Crippen LogP contribution in [0.2, 0.25) is 5.02 Å². The van der Waals surface area contributed by atoms with Crippen molar-refractivity contribution < 1.29 is 18.8 Å². The number of halogens is 2. The summed E-state index contributed by atoms with van der Waals surface area (Å²) in [6.45, 7) is 2.79. The van der Waals surface area contributed by atoms with Gasteiger partial charge in [-0.2, -0.15) is 0 Å². The first kappa shape index (κ1) is 22.0. The van der Waals surface area contributed by atoms with E-state index in [-0.39, 0.29) is 36.5 Å². The third-order valence-corrected chi connectivity index (χ3v) is 7.20. The first-order valence-corrected chi connectivity index (χ1v) is 11.7. The van der Waals surface area contributed by atoms with Crippen molar-refractivity contribution in [1.29, 1.82) is 0 Å². The fraction of sp³-hybridized carbons (Fsp3) is 0.400. The minimum atomic E-state index is -0.691. The molecule has 3 heterocycles. The lowest BCUT2D eigenvalue weighted by atomic mass is 9.87. The van der Waals surface area contributed by atoms with E-state index in [4.69, 9.17) is 11.6 Å². The normalized spacial score (nSPS) is 21.9. The Morgan fingerprint density at radius 3 is 2.58 bits per heavy atom. The molecule has 2 aromatic carbocycles. The van der Waals surface area contributed by atoms with Crippen LogP contribution in [0.4, 0.5) is 4.39 Å². The predicted octanol–water partition coefficient (Wildman–Crippen LogP) is 3.62. The molecule has 0 saturated carbocycles. The molecule has 0 aromatic heterocycles. The highest BCUT2D eigenvalue weighted by atomic mass is 35.5. The number of hydrogen-bond donors (Lipinski definition) is 1. The zero-order valence-electron chi connectivity index (χ0n) is 18.2. The molecule has 2 saturated heterocycles. The van der Waals surface area contributed by atoms with Crippen LogP contribution in [-0.4, -0.2) is 46.7 Å². The molecule has 1 N–H and O–H groups in total. The van der Waals surface area contributed by atoms with Gasteiger partial charge in [0.1, 0.15) is 11.9 Å². The Morgan fingerprint density at radius 1 is 1.06 bits per heavy atom. The van der Waals surface area contributed by atoms with Crippen LogP contribution in [0.1, 0.15) is 58.6 Å². The van der Waals surface area contributed by atoms with Crippen LogP contribution in [-0.2, 0) is 22.7 Å².